The Morgan fingerprint density at radius 3 is 2.79 bits per heavy atom. The lowest BCUT2D eigenvalue weighted by molar-refractivity contribution is -0.153. The summed E-state index contributed by atoms with van der Waals surface area (Å²) in [5, 5.41) is 8.25. The van der Waals surface area contributed by atoms with Crippen molar-refractivity contribution in [1.82, 2.24) is 20.3 Å². The number of thiazole rings is 1. The van der Waals surface area contributed by atoms with Crippen molar-refractivity contribution in [2.24, 2.45) is 5.92 Å². The van der Waals surface area contributed by atoms with E-state index in [0.717, 1.165) is 33.6 Å². The van der Waals surface area contributed by atoms with E-state index in [1.807, 2.05) is 37.4 Å². The van der Waals surface area contributed by atoms with Gasteiger partial charge in [0.2, 0.25) is 5.91 Å². The third-order valence-electron chi connectivity index (χ3n) is 4.84. The minimum Gasteiger partial charge on any atom is -0.496 e. The van der Waals surface area contributed by atoms with E-state index in [4.69, 9.17) is 4.74 Å². The molecule has 2 aromatic heterocycles. The monoisotopic (exact) mass is 481 g/mol. The van der Waals surface area contributed by atoms with Crippen molar-refractivity contribution < 1.29 is 22.7 Å². The molecular weight excluding hydrogens is 455 g/mol. The number of aromatic amines is 1. The molecule has 2 heterocycles. The van der Waals surface area contributed by atoms with Crippen molar-refractivity contribution in [2.45, 2.75) is 39.3 Å². The van der Waals surface area contributed by atoms with Crippen molar-refractivity contribution in [3.63, 3.8) is 0 Å². The summed E-state index contributed by atoms with van der Waals surface area (Å²) in [4.78, 5) is 23.4. The molecule has 0 saturated carbocycles. The molecule has 1 aromatic carbocycles. The molecule has 3 aromatic rings. The van der Waals surface area contributed by atoms with Gasteiger partial charge in [0.25, 0.3) is 0 Å². The Labute approximate surface area is 193 Å². The highest BCUT2D eigenvalue weighted by Gasteiger charge is 2.30. The Kier molecular flexibility index (Phi) is 7.96. The fraction of sp³-hybridized carbons (Fsp3) is 0.409. The molecule has 7 nitrogen and oxygen atoms in total. The van der Waals surface area contributed by atoms with E-state index in [2.05, 4.69) is 25.6 Å². The predicted molar refractivity (Wildman–Crippen MR) is 122 cm³/mol. The fourth-order valence-corrected chi connectivity index (χ4v) is 4.00. The number of anilines is 2. The first kappa shape index (κ1) is 24.6. The van der Waals surface area contributed by atoms with Crippen LogP contribution in [0, 0.1) is 12.8 Å². The smallest absolute Gasteiger partial charge is 0.397 e. The van der Waals surface area contributed by atoms with Gasteiger partial charge in [-0.3, -0.25) is 4.79 Å². The Hall–Kier alpha value is -3.08. The zero-order valence-electron chi connectivity index (χ0n) is 18.5. The maximum atomic E-state index is 12.2. The highest BCUT2D eigenvalue weighted by atomic mass is 32.1. The van der Waals surface area contributed by atoms with Crippen LogP contribution in [0.5, 0.6) is 5.75 Å². The minimum absolute atomic E-state index is 0.155. The first-order valence-electron chi connectivity index (χ1n) is 10.4. The SMILES string of the molecule is COc1cc(Nc2nc(C[C@@H](C)CCNC(=O)CC(F)(F)F)cs2)ccc1-c1ncc(C)[nH]1. The molecule has 0 radical (unpaired) electrons. The molecule has 0 aliphatic rings. The number of rotatable bonds is 10. The van der Waals surface area contributed by atoms with Crippen LogP contribution in [0.15, 0.2) is 29.8 Å². The van der Waals surface area contributed by atoms with Gasteiger partial charge >= 0.3 is 6.18 Å². The number of hydrogen-bond donors (Lipinski definition) is 3. The van der Waals surface area contributed by atoms with Gasteiger partial charge in [-0.25, -0.2) is 9.97 Å². The third kappa shape index (κ3) is 7.48. The molecule has 1 atom stereocenters. The second-order valence-corrected chi connectivity index (χ2v) is 8.70. The zero-order valence-corrected chi connectivity index (χ0v) is 19.4. The van der Waals surface area contributed by atoms with E-state index in [9.17, 15) is 18.0 Å². The Morgan fingerprint density at radius 1 is 1.33 bits per heavy atom. The molecule has 0 spiro atoms. The van der Waals surface area contributed by atoms with Gasteiger partial charge in [0, 0.05) is 35.6 Å². The molecule has 0 unspecified atom stereocenters. The highest BCUT2D eigenvalue weighted by molar-refractivity contribution is 7.13. The number of carbonyl (C=O) groups is 1. The van der Waals surface area contributed by atoms with Gasteiger partial charge in [-0.1, -0.05) is 6.92 Å². The Bertz CT molecular complexity index is 1080. The maximum Gasteiger partial charge on any atom is 0.397 e. The highest BCUT2D eigenvalue weighted by Crippen LogP contribution is 2.32. The van der Waals surface area contributed by atoms with Gasteiger partial charge in [-0.2, -0.15) is 13.2 Å². The van der Waals surface area contributed by atoms with Gasteiger partial charge in [0.05, 0.1) is 18.4 Å². The number of alkyl halides is 3. The summed E-state index contributed by atoms with van der Waals surface area (Å²) in [6.45, 7) is 4.11. The van der Waals surface area contributed by atoms with Crippen LogP contribution >= 0.6 is 11.3 Å². The zero-order chi connectivity index (χ0) is 24.0. The summed E-state index contributed by atoms with van der Waals surface area (Å²) < 4.78 is 42.1. The minimum atomic E-state index is -4.48. The molecule has 33 heavy (non-hydrogen) atoms. The normalized spacial score (nSPS) is 12.4. The number of imidazole rings is 1. The van der Waals surface area contributed by atoms with Crippen molar-refractivity contribution in [3.8, 4) is 17.1 Å². The molecule has 3 rings (SSSR count). The van der Waals surface area contributed by atoms with Crippen LogP contribution in [0.1, 0.15) is 31.2 Å². The van der Waals surface area contributed by atoms with Gasteiger partial charge < -0.3 is 20.4 Å². The number of nitrogens with one attached hydrogen (secondary N) is 3. The molecule has 0 bridgehead atoms. The number of aromatic nitrogens is 3. The van der Waals surface area contributed by atoms with Crippen LogP contribution < -0.4 is 15.4 Å². The second kappa shape index (κ2) is 10.7. The quantitative estimate of drug-likeness (QED) is 0.369. The van der Waals surface area contributed by atoms with Crippen LogP contribution in [-0.2, 0) is 11.2 Å². The summed E-state index contributed by atoms with van der Waals surface area (Å²) in [6, 6.07) is 5.71. The molecule has 1 amide bonds. The van der Waals surface area contributed by atoms with Crippen LogP contribution in [0.3, 0.4) is 0 Å². The topological polar surface area (TPSA) is 91.9 Å². The number of H-pyrrole nitrogens is 1. The summed E-state index contributed by atoms with van der Waals surface area (Å²) in [6.07, 6.45) is -2.95. The third-order valence-corrected chi connectivity index (χ3v) is 5.65. The second-order valence-electron chi connectivity index (χ2n) is 7.84. The number of aryl methyl sites for hydroxylation is 1. The lowest BCUT2D eigenvalue weighted by Gasteiger charge is -2.11. The van der Waals surface area contributed by atoms with Crippen LogP contribution in [-0.4, -0.2) is 40.7 Å². The number of methoxy groups -OCH3 is 1. The van der Waals surface area contributed by atoms with E-state index in [0.29, 0.717) is 18.6 Å². The van der Waals surface area contributed by atoms with E-state index < -0.39 is 18.5 Å². The molecule has 11 heteroatoms. The molecule has 0 aliphatic heterocycles. The molecule has 0 saturated heterocycles. The van der Waals surface area contributed by atoms with Crippen molar-refractivity contribution in [3.05, 3.63) is 41.2 Å². The predicted octanol–water partition coefficient (Wildman–Crippen LogP) is 5.23. The Balaban J connectivity index is 1.52. The van der Waals surface area contributed by atoms with E-state index >= 15 is 0 Å². The van der Waals surface area contributed by atoms with Gasteiger partial charge in [0.15, 0.2) is 5.13 Å². The number of hydrogen-bond acceptors (Lipinski definition) is 6. The van der Waals surface area contributed by atoms with E-state index in [1.54, 1.807) is 13.3 Å². The molecule has 0 aliphatic carbocycles. The van der Waals surface area contributed by atoms with Gasteiger partial charge in [-0.05, 0) is 37.8 Å². The fourth-order valence-electron chi connectivity index (χ4n) is 3.26. The molecule has 0 fully saturated rings. The van der Waals surface area contributed by atoms with Crippen LogP contribution in [0.2, 0.25) is 0 Å². The van der Waals surface area contributed by atoms with E-state index in [-0.39, 0.29) is 12.5 Å². The summed E-state index contributed by atoms with van der Waals surface area (Å²) in [5.41, 5.74) is 3.51. The lowest BCUT2D eigenvalue weighted by atomic mass is 10.0. The van der Waals surface area contributed by atoms with Gasteiger partial charge in [0.1, 0.15) is 18.0 Å². The van der Waals surface area contributed by atoms with Crippen molar-refractivity contribution >= 4 is 28.1 Å². The first-order valence-corrected chi connectivity index (χ1v) is 11.3. The Morgan fingerprint density at radius 2 is 2.12 bits per heavy atom. The number of carbonyl (C=O) groups excluding carboxylic acids is 1. The maximum absolute atomic E-state index is 12.2. The van der Waals surface area contributed by atoms with E-state index in [1.165, 1.54) is 11.3 Å². The largest absolute Gasteiger partial charge is 0.496 e. The number of ether oxygens (including phenoxy) is 1. The van der Waals surface area contributed by atoms with Crippen LogP contribution in [0.4, 0.5) is 24.0 Å². The number of halogens is 3. The summed E-state index contributed by atoms with van der Waals surface area (Å²) >= 11 is 1.46. The van der Waals surface area contributed by atoms with Gasteiger partial charge in [-0.15, -0.1) is 11.3 Å². The van der Waals surface area contributed by atoms with Crippen molar-refractivity contribution in [1.29, 1.82) is 0 Å². The molecule has 178 valence electrons. The number of amides is 1. The summed E-state index contributed by atoms with van der Waals surface area (Å²) in [7, 11) is 1.60. The summed E-state index contributed by atoms with van der Waals surface area (Å²) in [5.74, 6) is 0.559. The number of nitrogens with zero attached hydrogens (tertiary/aromatic N) is 2. The van der Waals surface area contributed by atoms with Crippen molar-refractivity contribution in [2.75, 3.05) is 19.0 Å². The lowest BCUT2D eigenvalue weighted by Crippen LogP contribution is -2.30. The molecule has 3 N–H and O–H groups in total. The number of benzene rings is 1. The molecular formula is C22H26F3N5O2S. The first-order chi connectivity index (χ1) is 15.6. The average molecular weight is 482 g/mol. The van der Waals surface area contributed by atoms with Crippen LogP contribution in [0.25, 0.3) is 11.4 Å². The average Bonchev–Trinajstić information content (AvgIpc) is 3.35. The standard InChI is InChI=1S/C22H26F3N5O2S/c1-13(6-7-26-19(31)10-22(23,24)25)8-16-12-33-21(30-16)29-15-4-5-17(18(9-15)32-3)20-27-11-14(2)28-20/h4-5,9,11-13H,6-8,10H2,1-3H3,(H,26,31)(H,27,28)(H,29,30)/t13-/m0/s1.